The van der Waals surface area contributed by atoms with E-state index in [2.05, 4.69) is 12.2 Å². The molecule has 4 aliphatic rings. The van der Waals surface area contributed by atoms with Crippen molar-refractivity contribution in [2.45, 2.75) is 39.0 Å². The molecule has 1 aromatic rings. The van der Waals surface area contributed by atoms with Gasteiger partial charge < -0.3 is 0 Å². The summed E-state index contributed by atoms with van der Waals surface area (Å²) in [6, 6.07) is 5.44. The minimum Gasteiger partial charge on any atom is -0.274 e. The van der Waals surface area contributed by atoms with Crippen molar-refractivity contribution in [3.8, 4) is 0 Å². The maximum atomic E-state index is 13.2. The Morgan fingerprint density at radius 2 is 1.58 bits per heavy atom. The summed E-state index contributed by atoms with van der Waals surface area (Å²) in [5.74, 6) is -0.290. The molecule has 26 heavy (non-hydrogen) atoms. The zero-order chi connectivity index (χ0) is 18.0. The number of allylic oxidation sites excluding steroid dienone is 4. The molecule has 3 fully saturated rings. The van der Waals surface area contributed by atoms with Gasteiger partial charge in [0.2, 0.25) is 11.8 Å². The lowest BCUT2D eigenvalue weighted by molar-refractivity contribution is -0.122. The SMILES string of the molecule is Cc1ccc(N2C(=O)[C@@H]3[C@H](C2=O)[C@@H]2C=C[C@@H]3C2=C2CCCCC2)cc1Cl. The maximum absolute atomic E-state index is 13.2. The topological polar surface area (TPSA) is 37.4 Å². The van der Waals surface area contributed by atoms with Gasteiger partial charge in [0.1, 0.15) is 0 Å². The smallest absolute Gasteiger partial charge is 0.238 e. The van der Waals surface area contributed by atoms with Gasteiger partial charge >= 0.3 is 0 Å². The number of aryl methyl sites for hydroxylation is 1. The van der Waals surface area contributed by atoms with Gasteiger partial charge in [-0.15, -0.1) is 0 Å². The average molecular weight is 368 g/mol. The Labute approximate surface area is 158 Å². The van der Waals surface area contributed by atoms with Crippen LogP contribution in [0.25, 0.3) is 0 Å². The number of carbonyl (C=O) groups excluding carboxylic acids is 2. The van der Waals surface area contributed by atoms with Gasteiger partial charge in [0, 0.05) is 16.9 Å². The molecule has 2 amide bonds. The van der Waals surface area contributed by atoms with Crippen LogP contribution in [0.2, 0.25) is 5.02 Å². The molecule has 0 radical (unpaired) electrons. The first-order valence-electron chi connectivity index (χ1n) is 9.62. The molecule has 1 heterocycles. The summed E-state index contributed by atoms with van der Waals surface area (Å²) in [4.78, 5) is 27.8. The van der Waals surface area contributed by atoms with Crippen molar-refractivity contribution in [2.24, 2.45) is 23.7 Å². The molecule has 3 aliphatic carbocycles. The normalized spacial score (nSPS) is 32.8. The van der Waals surface area contributed by atoms with E-state index < -0.39 is 0 Å². The molecule has 0 spiro atoms. The zero-order valence-corrected chi connectivity index (χ0v) is 15.6. The van der Waals surface area contributed by atoms with Crippen LogP contribution in [0, 0.1) is 30.6 Å². The lowest BCUT2D eigenvalue weighted by atomic mass is 9.85. The van der Waals surface area contributed by atoms with Crippen molar-refractivity contribution in [3.63, 3.8) is 0 Å². The molecule has 2 bridgehead atoms. The second kappa shape index (κ2) is 5.82. The summed E-state index contributed by atoms with van der Waals surface area (Å²) < 4.78 is 0. The summed E-state index contributed by atoms with van der Waals surface area (Å²) >= 11 is 6.23. The molecular formula is C22H22ClNO2. The number of nitrogens with zero attached hydrogens (tertiary/aromatic N) is 1. The van der Waals surface area contributed by atoms with Gasteiger partial charge in [-0.05, 0) is 50.3 Å². The fourth-order valence-corrected chi connectivity index (χ4v) is 5.65. The van der Waals surface area contributed by atoms with Crippen LogP contribution in [0.15, 0.2) is 41.5 Å². The number of hydrogen-bond donors (Lipinski definition) is 0. The molecule has 1 aromatic carbocycles. The molecule has 1 saturated heterocycles. The van der Waals surface area contributed by atoms with Crippen LogP contribution in [0.5, 0.6) is 0 Å². The Balaban J connectivity index is 1.53. The van der Waals surface area contributed by atoms with E-state index in [4.69, 9.17) is 11.6 Å². The van der Waals surface area contributed by atoms with Gasteiger partial charge in [-0.25, -0.2) is 4.90 Å². The molecular weight excluding hydrogens is 346 g/mol. The number of amides is 2. The van der Waals surface area contributed by atoms with Gasteiger partial charge in [-0.3, -0.25) is 9.59 Å². The number of halogens is 1. The standard InChI is InChI=1S/C22H22ClNO2/c1-12-7-8-14(11-17(12)23)24-21(25)19-15-9-10-16(20(19)22(24)26)18(15)13-5-3-2-4-6-13/h7-11,15-16,19-20H,2-6H2,1H3/t15-,16-,19-,20+/m1/s1. The third-order valence-corrected chi connectivity index (χ3v) is 7.10. The number of rotatable bonds is 1. The summed E-state index contributed by atoms with van der Waals surface area (Å²) in [5, 5.41) is 0.589. The number of hydrogen-bond acceptors (Lipinski definition) is 2. The number of carbonyl (C=O) groups is 2. The highest BCUT2D eigenvalue weighted by Gasteiger charge is 2.62. The average Bonchev–Trinajstić information content (AvgIpc) is 3.28. The van der Waals surface area contributed by atoms with E-state index in [0.29, 0.717) is 10.7 Å². The second-order valence-electron chi connectivity index (χ2n) is 8.05. The molecule has 134 valence electrons. The van der Waals surface area contributed by atoms with E-state index in [1.165, 1.54) is 35.3 Å². The number of anilines is 1. The molecule has 5 rings (SSSR count). The van der Waals surface area contributed by atoms with E-state index in [1.54, 1.807) is 6.07 Å². The van der Waals surface area contributed by atoms with E-state index in [1.807, 2.05) is 19.1 Å². The molecule has 0 N–H and O–H groups in total. The van der Waals surface area contributed by atoms with Crippen molar-refractivity contribution in [1.82, 2.24) is 0 Å². The first kappa shape index (κ1) is 16.3. The highest BCUT2D eigenvalue weighted by Crippen LogP contribution is 2.58. The Morgan fingerprint density at radius 3 is 2.15 bits per heavy atom. The lowest BCUT2D eigenvalue weighted by Gasteiger charge is -2.23. The van der Waals surface area contributed by atoms with E-state index in [-0.39, 0.29) is 35.5 Å². The van der Waals surface area contributed by atoms with Crippen LogP contribution >= 0.6 is 11.6 Å². The molecule has 1 aliphatic heterocycles. The number of imide groups is 1. The Bertz CT molecular complexity index is 842. The highest BCUT2D eigenvalue weighted by molar-refractivity contribution is 6.32. The van der Waals surface area contributed by atoms with Crippen molar-refractivity contribution in [2.75, 3.05) is 4.90 Å². The molecule has 2 saturated carbocycles. The summed E-state index contributed by atoms with van der Waals surface area (Å²) in [5.41, 5.74) is 4.48. The van der Waals surface area contributed by atoms with E-state index in [0.717, 1.165) is 18.4 Å². The second-order valence-corrected chi connectivity index (χ2v) is 8.46. The molecule has 4 atom stereocenters. The fourth-order valence-electron chi connectivity index (χ4n) is 5.48. The van der Waals surface area contributed by atoms with Crippen molar-refractivity contribution < 1.29 is 9.59 Å². The predicted octanol–water partition coefficient (Wildman–Crippen LogP) is 4.83. The third-order valence-electron chi connectivity index (χ3n) is 6.69. The maximum Gasteiger partial charge on any atom is 0.238 e. The quantitative estimate of drug-likeness (QED) is 0.526. The lowest BCUT2D eigenvalue weighted by Crippen LogP contribution is -2.33. The van der Waals surface area contributed by atoms with Crippen LogP contribution < -0.4 is 4.90 Å². The van der Waals surface area contributed by atoms with Gasteiger partial charge in [0.05, 0.1) is 17.5 Å². The molecule has 3 nitrogen and oxygen atoms in total. The van der Waals surface area contributed by atoms with Crippen LogP contribution in [0.3, 0.4) is 0 Å². The summed E-state index contributed by atoms with van der Waals surface area (Å²) in [7, 11) is 0. The van der Waals surface area contributed by atoms with Crippen molar-refractivity contribution in [3.05, 3.63) is 52.1 Å². The summed E-state index contributed by atoms with van der Waals surface area (Å²) in [6.45, 7) is 1.92. The molecule has 0 unspecified atom stereocenters. The monoisotopic (exact) mass is 367 g/mol. The van der Waals surface area contributed by atoms with Gasteiger partial charge in [0.25, 0.3) is 0 Å². The van der Waals surface area contributed by atoms with Gasteiger partial charge in [-0.2, -0.15) is 0 Å². The minimum absolute atomic E-state index is 0.0503. The predicted molar refractivity (Wildman–Crippen MR) is 102 cm³/mol. The Morgan fingerprint density at radius 1 is 0.962 bits per heavy atom. The fraction of sp³-hybridized carbons (Fsp3) is 0.455. The van der Waals surface area contributed by atoms with E-state index in [9.17, 15) is 9.59 Å². The highest BCUT2D eigenvalue weighted by atomic mass is 35.5. The van der Waals surface area contributed by atoms with E-state index >= 15 is 0 Å². The largest absolute Gasteiger partial charge is 0.274 e. The number of fused-ring (bicyclic) bond motifs is 5. The first-order valence-corrected chi connectivity index (χ1v) is 10.00. The van der Waals surface area contributed by atoms with Crippen molar-refractivity contribution >= 4 is 29.1 Å². The third kappa shape index (κ3) is 2.13. The molecule has 4 heteroatoms. The Hall–Kier alpha value is -1.87. The van der Waals surface area contributed by atoms with Gasteiger partial charge in [-0.1, -0.05) is 47.4 Å². The van der Waals surface area contributed by atoms with Gasteiger partial charge in [0.15, 0.2) is 0 Å². The first-order chi connectivity index (χ1) is 12.6. The summed E-state index contributed by atoms with van der Waals surface area (Å²) in [6.07, 6.45) is 10.4. The van der Waals surface area contributed by atoms with Crippen LogP contribution in [-0.4, -0.2) is 11.8 Å². The minimum atomic E-state index is -0.220. The Kier molecular flexibility index (Phi) is 3.65. The van der Waals surface area contributed by atoms with Crippen molar-refractivity contribution in [1.29, 1.82) is 0 Å². The molecule has 0 aromatic heterocycles. The van der Waals surface area contributed by atoms with Crippen LogP contribution in [-0.2, 0) is 9.59 Å². The number of benzene rings is 1. The van der Waals surface area contributed by atoms with Crippen LogP contribution in [0.4, 0.5) is 5.69 Å². The van der Waals surface area contributed by atoms with Crippen LogP contribution in [0.1, 0.15) is 37.7 Å². The zero-order valence-electron chi connectivity index (χ0n) is 14.9.